The number of hydrogen-bond acceptors (Lipinski definition) is 1. The summed E-state index contributed by atoms with van der Waals surface area (Å²) in [7, 11) is 0. The van der Waals surface area contributed by atoms with Crippen LogP contribution in [0.1, 0.15) is 75.0 Å². The standard InChI is InChI=1S/C23H24O2/c1-14-6-5-7-21-17(4)20(15(2)16(3)22(14)21)13-10-18-8-11-19(12-9-18)23(24)25/h8-9,11-12,14H,5-7H2,1-4H3,(H,24,25). The van der Waals surface area contributed by atoms with Crippen LogP contribution in [0.5, 0.6) is 0 Å². The molecule has 128 valence electrons. The molecule has 0 radical (unpaired) electrons. The highest BCUT2D eigenvalue weighted by Crippen LogP contribution is 2.38. The van der Waals surface area contributed by atoms with Crippen molar-refractivity contribution in [2.75, 3.05) is 0 Å². The minimum absolute atomic E-state index is 0.288. The summed E-state index contributed by atoms with van der Waals surface area (Å²) in [6, 6.07) is 6.75. The van der Waals surface area contributed by atoms with Gasteiger partial charge in [-0.05, 0) is 98.0 Å². The second-order valence-corrected chi connectivity index (χ2v) is 7.07. The van der Waals surface area contributed by atoms with Gasteiger partial charge in [0.15, 0.2) is 0 Å². The predicted molar refractivity (Wildman–Crippen MR) is 101 cm³/mol. The Morgan fingerprint density at radius 2 is 1.72 bits per heavy atom. The molecular weight excluding hydrogens is 308 g/mol. The Bertz CT molecular complexity index is 893. The highest BCUT2D eigenvalue weighted by Gasteiger charge is 2.23. The molecule has 1 atom stereocenters. The van der Waals surface area contributed by atoms with Crippen LogP contribution in [0.4, 0.5) is 0 Å². The average Bonchev–Trinajstić information content (AvgIpc) is 2.60. The van der Waals surface area contributed by atoms with Crippen molar-refractivity contribution < 1.29 is 9.90 Å². The fourth-order valence-corrected chi connectivity index (χ4v) is 3.99. The molecule has 1 N–H and O–H groups in total. The van der Waals surface area contributed by atoms with E-state index < -0.39 is 5.97 Å². The maximum absolute atomic E-state index is 10.9. The number of carboxylic acids is 1. The molecule has 1 unspecified atom stereocenters. The lowest BCUT2D eigenvalue weighted by atomic mass is 9.76. The summed E-state index contributed by atoms with van der Waals surface area (Å²) in [5.74, 6) is 6.29. The van der Waals surface area contributed by atoms with E-state index in [-0.39, 0.29) is 5.56 Å². The van der Waals surface area contributed by atoms with E-state index in [4.69, 9.17) is 5.11 Å². The Morgan fingerprint density at radius 3 is 2.36 bits per heavy atom. The van der Waals surface area contributed by atoms with Crippen molar-refractivity contribution in [2.45, 2.75) is 52.9 Å². The summed E-state index contributed by atoms with van der Waals surface area (Å²) in [4.78, 5) is 10.9. The molecule has 0 spiro atoms. The zero-order valence-electron chi connectivity index (χ0n) is 15.4. The average molecular weight is 332 g/mol. The Morgan fingerprint density at radius 1 is 1.04 bits per heavy atom. The van der Waals surface area contributed by atoms with Crippen LogP contribution in [-0.2, 0) is 6.42 Å². The second-order valence-electron chi connectivity index (χ2n) is 7.07. The SMILES string of the molecule is Cc1c(C)c2c(c(C)c1C#Cc1ccc(C(=O)O)cc1)CCCC2C. The van der Waals surface area contributed by atoms with Crippen molar-refractivity contribution in [2.24, 2.45) is 0 Å². The van der Waals surface area contributed by atoms with Crippen LogP contribution >= 0.6 is 0 Å². The monoisotopic (exact) mass is 332 g/mol. The maximum atomic E-state index is 10.9. The van der Waals surface area contributed by atoms with Crippen molar-refractivity contribution in [1.82, 2.24) is 0 Å². The molecule has 0 saturated carbocycles. The van der Waals surface area contributed by atoms with E-state index in [1.54, 1.807) is 24.3 Å². The zero-order chi connectivity index (χ0) is 18.1. The van der Waals surface area contributed by atoms with Crippen molar-refractivity contribution in [3.8, 4) is 11.8 Å². The third kappa shape index (κ3) is 3.20. The van der Waals surface area contributed by atoms with Crippen LogP contribution in [0, 0.1) is 32.6 Å². The molecule has 0 aromatic heterocycles. The molecule has 25 heavy (non-hydrogen) atoms. The first kappa shape index (κ1) is 17.3. The minimum atomic E-state index is -0.911. The zero-order valence-corrected chi connectivity index (χ0v) is 15.4. The first-order valence-corrected chi connectivity index (χ1v) is 8.88. The molecular formula is C23H24O2. The molecule has 2 aromatic carbocycles. The molecule has 3 rings (SSSR count). The van der Waals surface area contributed by atoms with Crippen molar-refractivity contribution in [3.63, 3.8) is 0 Å². The van der Waals surface area contributed by atoms with Crippen LogP contribution in [0.25, 0.3) is 0 Å². The van der Waals surface area contributed by atoms with E-state index in [1.165, 1.54) is 40.7 Å². The van der Waals surface area contributed by atoms with Gasteiger partial charge >= 0.3 is 5.97 Å². The van der Waals surface area contributed by atoms with Gasteiger partial charge in [0, 0.05) is 11.1 Å². The summed E-state index contributed by atoms with van der Waals surface area (Å²) >= 11 is 0. The largest absolute Gasteiger partial charge is 0.478 e. The normalized spacial score (nSPS) is 15.9. The smallest absolute Gasteiger partial charge is 0.335 e. The van der Waals surface area contributed by atoms with Gasteiger partial charge in [0.25, 0.3) is 0 Å². The highest BCUT2D eigenvalue weighted by atomic mass is 16.4. The van der Waals surface area contributed by atoms with E-state index in [1.807, 2.05) is 0 Å². The highest BCUT2D eigenvalue weighted by molar-refractivity contribution is 5.87. The third-order valence-electron chi connectivity index (χ3n) is 5.51. The third-order valence-corrected chi connectivity index (χ3v) is 5.51. The molecule has 1 aliphatic rings. The molecule has 0 aliphatic heterocycles. The summed E-state index contributed by atoms with van der Waals surface area (Å²) < 4.78 is 0. The van der Waals surface area contributed by atoms with Gasteiger partial charge in [-0.15, -0.1) is 0 Å². The van der Waals surface area contributed by atoms with Crippen molar-refractivity contribution in [1.29, 1.82) is 0 Å². The number of benzene rings is 2. The van der Waals surface area contributed by atoms with Gasteiger partial charge in [0.2, 0.25) is 0 Å². The maximum Gasteiger partial charge on any atom is 0.335 e. The van der Waals surface area contributed by atoms with E-state index in [0.29, 0.717) is 5.92 Å². The van der Waals surface area contributed by atoms with Crippen molar-refractivity contribution in [3.05, 3.63) is 68.8 Å². The second kappa shape index (κ2) is 6.76. The lowest BCUT2D eigenvalue weighted by Crippen LogP contribution is -2.13. The first-order valence-electron chi connectivity index (χ1n) is 8.88. The number of carboxylic acid groups (broad SMARTS) is 1. The number of fused-ring (bicyclic) bond motifs is 1. The fourth-order valence-electron chi connectivity index (χ4n) is 3.99. The van der Waals surface area contributed by atoms with E-state index >= 15 is 0 Å². The van der Waals surface area contributed by atoms with Gasteiger partial charge in [-0.25, -0.2) is 4.79 Å². The van der Waals surface area contributed by atoms with Crippen LogP contribution in [0.2, 0.25) is 0 Å². The van der Waals surface area contributed by atoms with Crippen LogP contribution in [-0.4, -0.2) is 11.1 Å². The van der Waals surface area contributed by atoms with Crippen LogP contribution in [0.3, 0.4) is 0 Å². The fraction of sp³-hybridized carbons (Fsp3) is 0.348. The van der Waals surface area contributed by atoms with Crippen molar-refractivity contribution >= 4 is 5.97 Å². The molecule has 0 heterocycles. The quantitative estimate of drug-likeness (QED) is 0.733. The van der Waals surface area contributed by atoms with Gasteiger partial charge in [0.05, 0.1) is 5.56 Å². The lowest BCUT2D eigenvalue weighted by Gasteiger charge is -2.28. The topological polar surface area (TPSA) is 37.3 Å². The van der Waals surface area contributed by atoms with E-state index in [0.717, 1.165) is 17.5 Å². The summed E-state index contributed by atoms with van der Waals surface area (Å²) in [5, 5.41) is 8.98. The van der Waals surface area contributed by atoms with Crippen LogP contribution in [0.15, 0.2) is 24.3 Å². The van der Waals surface area contributed by atoms with Gasteiger partial charge in [-0.1, -0.05) is 18.8 Å². The molecule has 2 aromatic rings. The molecule has 0 bridgehead atoms. The van der Waals surface area contributed by atoms with Gasteiger partial charge in [0.1, 0.15) is 0 Å². The molecule has 2 heteroatoms. The summed E-state index contributed by atoms with van der Waals surface area (Å²) in [5.41, 5.74) is 9.28. The molecule has 0 saturated heterocycles. The Balaban J connectivity index is 2.05. The van der Waals surface area contributed by atoms with Gasteiger partial charge in [-0.3, -0.25) is 0 Å². The lowest BCUT2D eigenvalue weighted by molar-refractivity contribution is 0.0697. The molecule has 2 nitrogen and oxygen atoms in total. The predicted octanol–water partition coefficient (Wildman–Crippen LogP) is 5.15. The van der Waals surface area contributed by atoms with E-state index in [9.17, 15) is 4.79 Å². The summed E-state index contributed by atoms with van der Waals surface area (Å²) in [6.07, 6.45) is 3.67. The van der Waals surface area contributed by atoms with Gasteiger partial charge in [-0.2, -0.15) is 0 Å². The van der Waals surface area contributed by atoms with E-state index in [2.05, 4.69) is 39.5 Å². The first-order chi connectivity index (χ1) is 11.9. The Hall–Kier alpha value is -2.53. The number of hydrogen-bond donors (Lipinski definition) is 1. The van der Waals surface area contributed by atoms with Crippen LogP contribution < -0.4 is 0 Å². The Kier molecular flexibility index (Phi) is 4.68. The number of carbonyl (C=O) groups is 1. The van der Waals surface area contributed by atoms with Gasteiger partial charge < -0.3 is 5.11 Å². The summed E-state index contributed by atoms with van der Waals surface area (Å²) in [6.45, 7) is 8.92. The molecule has 1 aliphatic carbocycles. The number of aromatic carboxylic acids is 1. The Labute approximate surface area is 149 Å². The minimum Gasteiger partial charge on any atom is -0.478 e. The number of rotatable bonds is 1. The molecule has 0 fully saturated rings. The molecule has 0 amide bonds.